The second kappa shape index (κ2) is 5.11. The van der Waals surface area contributed by atoms with Crippen LogP contribution in [0.1, 0.15) is 11.4 Å². The molecular weight excluding hydrogens is 244 g/mol. The molecule has 1 heterocycles. The second-order valence-electron chi connectivity index (χ2n) is 3.41. The number of ether oxygens (including phenoxy) is 1. The zero-order valence-electron chi connectivity index (χ0n) is 9.17. The number of tetrazole rings is 1. The molecule has 0 saturated heterocycles. The van der Waals surface area contributed by atoms with Gasteiger partial charge in [-0.1, -0.05) is 17.7 Å². The molecule has 2 aromatic rings. The fourth-order valence-electron chi connectivity index (χ4n) is 1.28. The third-order valence-corrected chi connectivity index (χ3v) is 2.38. The summed E-state index contributed by atoms with van der Waals surface area (Å²) in [5.41, 5.74) is 0.736. The molecule has 0 aliphatic carbocycles. The van der Waals surface area contributed by atoms with Crippen molar-refractivity contribution in [3.05, 3.63) is 34.6 Å². The van der Waals surface area contributed by atoms with Crippen molar-refractivity contribution >= 4 is 11.6 Å². The molecule has 7 heteroatoms. The Morgan fingerprint density at radius 1 is 1.47 bits per heavy atom. The molecule has 1 aromatic heterocycles. The molecule has 6 nitrogen and oxygen atoms in total. The van der Waals surface area contributed by atoms with Gasteiger partial charge in [-0.05, 0) is 22.9 Å². The first kappa shape index (κ1) is 11.8. The summed E-state index contributed by atoms with van der Waals surface area (Å²) in [6, 6.07) is 5.09. The molecule has 0 aliphatic rings. The van der Waals surface area contributed by atoms with Crippen molar-refractivity contribution < 1.29 is 9.84 Å². The number of halogens is 1. The van der Waals surface area contributed by atoms with Gasteiger partial charge in [-0.25, -0.2) is 0 Å². The first-order valence-corrected chi connectivity index (χ1v) is 5.32. The molecule has 0 spiro atoms. The molecule has 0 bridgehead atoms. The maximum atomic E-state index is 8.93. The summed E-state index contributed by atoms with van der Waals surface area (Å²) in [5, 5.41) is 20.8. The standard InChI is InChI=1S/C10H11ClN4O2/c1-15-13-10(12-14-15)6-17-9-3-2-7(5-16)4-8(9)11/h2-4,16H,5-6H2,1H3. The van der Waals surface area contributed by atoms with E-state index in [1.54, 1.807) is 25.2 Å². The van der Waals surface area contributed by atoms with E-state index in [1.807, 2.05) is 0 Å². The molecule has 90 valence electrons. The number of hydrogen-bond acceptors (Lipinski definition) is 5. The minimum absolute atomic E-state index is 0.0499. The number of benzene rings is 1. The van der Waals surface area contributed by atoms with Crippen LogP contribution in [-0.2, 0) is 20.3 Å². The van der Waals surface area contributed by atoms with Gasteiger partial charge in [0, 0.05) is 0 Å². The Morgan fingerprint density at radius 3 is 2.88 bits per heavy atom. The van der Waals surface area contributed by atoms with Gasteiger partial charge in [0.25, 0.3) is 0 Å². The fraction of sp³-hybridized carbons (Fsp3) is 0.300. The Morgan fingerprint density at radius 2 is 2.29 bits per heavy atom. The maximum Gasteiger partial charge on any atom is 0.212 e. The molecule has 0 amide bonds. The Bertz CT molecular complexity index is 515. The number of nitrogens with zero attached hydrogens (tertiary/aromatic N) is 4. The van der Waals surface area contributed by atoms with Gasteiger partial charge in [-0.3, -0.25) is 0 Å². The fourth-order valence-corrected chi connectivity index (χ4v) is 1.54. The number of rotatable bonds is 4. The van der Waals surface area contributed by atoms with Gasteiger partial charge >= 0.3 is 0 Å². The molecule has 0 unspecified atom stereocenters. The largest absolute Gasteiger partial charge is 0.484 e. The third-order valence-electron chi connectivity index (χ3n) is 2.09. The van der Waals surface area contributed by atoms with Gasteiger partial charge < -0.3 is 9.84 Å². The SMILES string of the molecule is Cn1nnc(COc2ccc(CO)cc2Cl)n1. The van der Waals surface area contributed by atoms with Gasteiger partial charge in [0.1, 0.15) is 5.75 Å². The molecule has 0 atom stereocenters. The number of aliphatic hydroxyl groups excluding tert-OH is 1. The van der Waals surface area contributed by atoms with Crippen molar-refractivity contribution in [1.29, 1.82) is 0 Å². The highest BCUT2D eigenvalue weighted by Crippen LogP contribution is 2.25. The summed E-state index contributed by atoms with van der Waals surface area (Å²) in [7, 11) is 1.68. The highest BCUT2D eigenvalue weighted by atomic mass is 35.5. The van der Waals surface area contributed by atoms with E-state index in [0.29, 0.717) is 16.6 Å². The van der Waals surface area contributed by atoms with E-state index in [9.17, 15) is 0 Å². The lowest BCUT2D eigenvalue weighted by atomic mass is 10.2. The van der Waals surface area contributed by atoms with Crippen LogP contribution in [-0.4, -0.2) is 25.3 Å². The smallest absolute Gasteiger partial charge is 0.212 e. The Hall–Kier alpha value is -1.66. The van der Waals surface area contributed by atoms with E-state index < -0.39 is 0 Å². The number of aryl methyl sites for hydroxylation is 1. The Kier molecular flexibility index (Phi) is 3.55. The summed E-state index contributed by atoms with van der Waals surface area (Å²) in [4.78, 5) is 1.36. The lowest BCUT2D eigenvalue weighted by Crippen LogP contribution is -1.99. The van der Waals surface area contributed by atoms with Crippen LogP contribution in [0.3, 0.4) is 0 Å². The normalized spacial score (nSPS) is 10.5. The van der Waals surface area contributed by atoms with E-state index >= 15 is 0 Å². The summed E-state index contributed by atoms with van der Waals surface area (Å²) >= 11 is 5.98. The zero-order valence-corrected chi connectivity index (χ0v) is 9.92. The summed E-state index contributed by atoms with van der Waals surface area (Å²) < 4.78 is 5.44. The van der Waals surface area contributed by atoms with Crippen molar-refractivity contribution in [3.63, 3.8) is 0 Å². The zero-order chi connectivity index (χ0) is 12.3. The van der Waals surface area contributed by atoms with Crippen LogP contribution in [0.5, 0.6) is 5.75 Å². The van der Waals surface area contributed by atoms with Gasteiger partial charge in [-0.2, -0.15) is 4.80 Å². The molecule has 1 aromatic carbocycles. The molecule has 17 heavy (non-hydrogen) atoms. The van der Waals surface area contributed by atoms with Crippen molar-refractivity contribution in [3.8, 4) is 5.75 Å². The van der Waals surface area contributed by atoms with Gasteiger partial charge in [0.15, 0.2) is 6.61 Å². The Labute approximate surface area is 103 Å². The van der Waals surface area contributed by atoms with Crippen LogP contribution in [0.15, 0.2) is 18.2 Å². The van der Waals surface area contributed by atoms with Crippen molar-refractivity contribution in [2.24, 2.45) is 7.05 Å². The monoisotopic (exact) mass is 254 g/mol. The first-order chi connectivity index (χ1) is 8.19. The number of aliphatic hydroxyl groups is 1. The minimum Gasteiger partial charge on any atom is -0.484 e. The van der Waals surface area contributed by atoms with Gasteiger partial charge in [-0.15, -0.1) is 10.2 Å². The van der Waals surface area contributed by atoms with Crippen LogP contribution >= 0.6 is 11.6 Å². The first-order valence-electron chi connectivity index (χ1n) is 4.94. The molecule has 0 saturated carbocycles. The summed E-state index contributed by atoms with van der Waals surface area (Å²) in [6.45, 7) is 0.151. The summed E-state index contributed by atoms with van der Waals surface area (Å²) in [6.07, 6.45) is 0. The molecule has 2 rings (SSSR count). The highest BCUT2D eigenvalue weighted by molar-refractivity contribution is 6.32. The van der Waals surface area contributed by atoms with Gasteiger partial charge in [0.05, 0.1) is 18.7 Å². The third kappa shape index (κ3) is 2.92. The lowest BCUT2D eigenvalue weighted by Gasteiger charge is -2.06. The maximum absolute atomic E-state index is 8.93. The number of aromatic nitrogens is 4. The van der Waals surface area contributed by atoms with Crippen molar-refractivity contribution in [2.75, 3.05) is 0 Å². The van der Waals surface area contributed by atoms with Gasteiger partial charge in [0.2, 0.25) is 5.82 Å². The molecule has 0 aliphatic heterocycles. The summed E-state index contributed by atoms with van der Waals surface area (Å²) in [5.74, 6) is 1.01. The number of hydrogen-bond donors (Lipinski definition) is 1. The second-order valence-corrected chi connectivity index (χ2v) is 3.81. The molecular formula is C10H11ClN4O2. The molecule has 1 N–H and O–H groups in total. The van der Waals surface area contributed by atoms with Crippen molar-refractivity contribution in [1.82, 2.24) is 20.2 Å². The van der Waals surface area contributed by atoms with E-state index in [1.165, 1.54) is 4.80 Å². The van der Waals surface area contributed by atoms with Crippen molar-refractivity contribution in [2.45, 2.75) is 13.2 Å². The molecule has 0 fully saturated rings. The molecule has 0 radical (unpaired) electrons. The van der Waals surface area contributed by atoms with Crippen LogP contribution in [0.25, 0.3) is 0 Å². The topological polar surface area (TPSA) is 73.1 Å². The highest BCUT2D eigenvalue weighted by Gasteiger charge is 2.05. The average molecular weight is 255 g/mol. The van der Waals surface area contributed by atoms with E-state index in [0.717, 1.165) is 5.56 Å². The predicted molar refractivity (Wildman–Crippen MR) is 60.5 cm³/mol. The van der Waals surface area contributed by atoms with E-state index in [-0.39, 0.29) is 13.2 Å². The average Bonchev–Trinajstić information content (AvgIpc) is 2.73. The van der Waals surface area contributed by atoms with Crippen LogP contribution in [0.4, 0.5) is 0 Å². The predicted octanol–water partition coefficient (Wildman–Crippen LogP) is 0.935. The van der Waals surface area contributed by atoms with E-state index in [4.69, 9.17) is 21.4 Å². The van der Waals surface area contributed by atoms with Crippen LogP contribution < -0.4 is 4.74 Å². The van der Waals surface area contributed by atoms with E-state index in [2.05, 4.69) is 15.4 Å². The quantitative estimate of drug-likeness (QED) is 0.879. The van der Waals surface area contributed by atoms with Crippen LogP contribution in [0.2, 0.25) is 5.02 Å². The lowest BCUT2D eigenvalue weighted by molar-refractivity contribution is 0.280. The van der Waals surface area contributed by atoms with Crippen LogP contribution in [0, 0.1) is 0 Å². The Balaban J connectivity index is 2.04. The minimum atomic E-state index is -0.0499.